The fraction of sp³-hybridized carbons (Fsp3) is 0.188. The Balaban J connectivity index is 1.71. The van der Waals surface area contributed by atoms with E-state index in [1.54, 1.807) is 0 Å². The van der Waals surface area contributed by atoms with E-state index in [1.165, 1.54) is 5.56 Å². The predicted molar refractivity (Wildman–Crippen MR) is 85.1 cm³/mol. The van der Waals surface area contributed by atoms with Crippen LogP contribution < -0.4 is 10.6 Å². The molecule has 102 valence electrons. The zero-order chi connectivity index (χ0) is 14.1. The van der Waals surface area contributed by atoms with Crippen molar-refractivity contribution in [2.24, 2.45) is 0 Å². The molecule has 2 N–H and O–H groups in total. The summed E-state index contributed by atoms with van der Waals surface area (Å²) in [5.41, 5.74) is 4.20. The monoisotopic (exact) mass is 330 g/mol. The summed E-state index contributed by atoms with van der Waals surface area (Å²) < 4.78 is 0.998. The largest absolute Gasteiger partial charge is 0.373 e. The van der Waals surface area contributed by atoms with Crippen LogP contribution in [-0.4, -0.2) is 11.9 Å². The average Bonchev–Trinajstić information content (AvgIpc) is 2.87. The molecular formula is C16H15BrN2O. The molecule has 1 amide bonds. The molecule has 0 saturated heterocycles. The van der Waals surface area contributed by atoms with Gasteiger partial charge in [-0.05, 0) is 36.2 Å². The molecule has 0 unspecified atom stereocenters. The molecule has 3 rings (SSSR count). The number of aryl methyl sites for hydroxylation is 1. The Morgan fingerprint density at radius 2 is 2.10 bits per heavy atom. The van der Waals surface area contributed by atoms with Crippen LogP contribution in [0.3, 0.4) is 0 Å². The molecule has 0 fully saturated rings. The quantitative estimate of drug-likeness (QED) is 0.880. The van der Waals surface area contributed by atoms with Crippen LogP contribution in [0.1, 0.15) is 11.1 Å². The third-order valence-electron chi connectivity index (χ3n) is 3.53. The van der Waals surface area contributed by atoms with Gasteiger partial charge in [0.25, 0.3) is 0 Å². The highest BCUT2D eigenvalue weighted by atomic mass is 79.9. The highest BCUT2D eigenvalue weighted by molar-refractivity contribution is 9.10. The third kappa shape index (κ3) is 2.56. The minimum Gasteiger partial charge on any atom is -0.373 e. The van der Waals surface area contributed by atoms with Crippen molar-refractivity contribution in [3.8, 4) is 0 Å². The summed E-state index contributed by atoms with van der Waals surface area (Å²) in [7, 11) is 0. The number of amides is 1. The molecule has 1 atom stereocenters. The van der Waals surface area contributed by atoms with E-state index < -0.39 is 0 Å². The summed E-state index contributed by atoms with van der Waals surface area (Å²) in [5.74, 6) is -0.00282. The molecule has 2 aromatic rings. The van der Waals surface area contributed by atoms with Crippen LogP contribution in [0.15, 0.2) is 46.9 Å². The van der Waals surface area contributed by atoms with Crippen LogP contribution in [0, 0.1) is 6.92 Å². The number of para-hydroxylation sites is 1. The minimum atomic E-state index is -0.201. The number of carbonyl (C=O) groups excluding carboxylic acids is 1. The maximum Gasteiger partial charge on any atom is 0.247 e. The zero-order valence-corrected chi connectivity index (χ0v) is 12.7. The Hall–Kier alpha value is -1.81. The number of nitrogens with one attached hydrogen (secondary N) is 2. The Morgan fingerprint density at radius 1 is 1.30 bits per heavy atom. The number of halogens is 1. The predicted octanol–water partition coefficient (Wildman–Crippen LogP) is 3.73. The normalized spacial score (nSPS) is 16.4. The van der Waals surface area contributed by atoms with Crippen LogP contribution in [-0.2, 0) is 11.2 Å². The first kappa shape index (κ1) is 13.2. The molecule has 0 aliphatic carbocycles. The Bertz CT molecular complexity index is 644. The second-order valence-corrected chi connectivity index (χ2v) is 5.87. The summed E-state index contributed by atoms with van der Waals surface area (Å²) >= 11 is 3.48. The maximum atomic E-state index is 12.3. The number of carbonyl (C=O) groups is 1. The van der Waals surface area contributed by atoms with Crippen molar-refractivity contribution in [3.63, 3.8) is 0 Å². The van der Waals surface area contributed by atoms with Crippen molar-refractivity contribution < 1.29 is 4.79 Å². The van der Waals surface area contributed by atoms with E-state index in [-0.39, 0.29) is 11.9 Å². The van der Waals surface area contributed by atoms with Crippen molar-refractivity contribution >= 4 is 33.2 Å². The van der Waals surface area contributed by atoms with E-state index in [0.29, 0.717) is 0 Å². The molecule has 0 radical (unpaired) electrons. The van der Waals surface area contributed by atoms with E-state index in [2.05, 4.69) is 32.6 Å². The fourth-order valence-corrected chi connectivity index (χ4v) is 2.73. The fourth-order valence-electron chi connectivity index (χ4n) is 2.36. The van der Waals surface area contributed by atoms with Gasteiger partial charge in [-0.15, -0.1) is 0 Å². The van der Waals surface area contributed by atoms with Gasteiger partial charge in [0, 0.05) is 22.3 Å². The van der Waals surface area contributed by atoms with Gasteiger partial charge in [-0.3, -0.25) is 4.79 Å². The van der Waals surface area contributed by atoms with Crippen LogP contribution in [0.4, 0.5) is 11.4 Å². The summed E-state index contributed by atoms with van der Waals surface area (Å²) in [6.07, 6.45) is 0.731. The minimum absolute atomic E-state index is 0.00282. The summed E-state index contributed by atoms with van der Waals surface area (Å²) in [5, 5.41) is 6.21. The Morgan fingerprint density at radius 3 is 2.85 bits per heavy atom. The molecule has 4 heteroatoms. The second-order valence-electron chi connectivity index (χ2n) is 5.01. The third-order valence-corrected chi connectivity index (χ3v) is 4.38. The molecule has 0 bridgehead atoms. The second kappa shape index (κ2) is 5.29. The van der Waals surface area contributed by atoms with Gasteiger partial charge < -0.3 is 10.6 Å². The molecule has 3 nitrogen and oxygen atoms in total. The lowest BCUT2D eigenvalue weighted by Gasteiger charge is -2.12. The van der Waals surface area contributed by atoms with Gasteiger partial charge in [0.05, 0.1) is 0 Å². The highest BCUT2D eigenvalue weighted by Crippen LogP contribution is 2.26. The van der Waals surface area contributed by atoms with Gasteiger partial charge in [-0.25, -0.2) is 0 Å². The van der Waals surface area contributed by atoms with Gasteiger partial charge >= 0.3 is 0 Å². The summed E-state index contributed by atoms with van der Waals surface area (Å²) in [4.78, 5) is 12.3. The van der Waals surface area contributed by atoms with E-state index in [9.17, 15) is 4.79 Å². The average molecular weight is 331 g/mol. The van der Waals surface area contributed by atoms with Gasteiger partial charge in [-0.1, -0.05) is 40.2 Å². The van der Waals surface area contributed by atoms with E-state index in [4.69, 9.17) is 0 Å². The molecule has 0 saturated carbocycles. The number of rotatable bonds is 2. The van der Waals surface area contributed by atoms with E-state index in [0.717, 1.165) is 27.8 Å². The van der Waals surface area contributed by atoms with E-state index >= 15 is 0 Å². The summed E-state index contributed by atoms with van der Waals surface area (Å²) in [6.45, 7) is 2.02. The molecule has 2 aromatic carbocycles. The molecule has 20 heavy (non-hydrogen) atoms. The van der Waals surface area contributed by atoms with Gasteiger partial charge in [0.2, 0.25) is 5.91 Å². The van der Waals surface area contributed by atoms with Crippen LogP contribution in [0.2, 0.25) is 0 Å². The smallest absolute Gasteiger partial charge is 0.247 e. The lowest BCUT2D eigenvalue weighted by Crippen LogP contribution is -2.32. The lowest BCUT2D eigenvalue weighted by atomic mass is 10.1. The summed E-state index contributed by atoms with van der Waals surface area (Å²) in [6, 6.07) is 13.7. The van der Waals surface area contributed by atoms with Crippen LogP contribution in [0.25, 0.3) is 0 Å². The van der Waals surface area contributed by atoms with E-state index in [1.807, 2.05) is 43.3 Å². The zero-order valence-electron chi connectivity index (χ0n) is 11.1. The lowest BCUT2D eigenvalue weighted by molar-refractivity contribution is -0.116. The maximum absolute atomic E-state index is 12.3. The number of hydrogen-bond donors (Lipinski definition) is 2. The van der Waals surface area contributed by atoms with Gasteiger partial charge in [0.15, 0.2) is 0 Å². The van der Waals surface area contributed by atoms with Gasteiger partial charge in [0.1, 0.15) is 6.04 Å². The molecule has 1 heterocycles. The van der Waals surface area contributed by atoms with Crippen molar-refractivity contribution in [1.82, 2.24) is 0 Å². The van der Waals surface area contributed by atoms with Gasteiger partial charge in [-0.2, -0.15) is 0 Å². The van der Waals surface area contributed by atoms with Crippen molar-refractivity contribution in [2.75, 3.05) is 10.6 Å². The number of anilines is 2. The first-order valence-corrected chi connectivity index (χ1v) is 7.34. The standard InChI is InChI=1S/C16H15BrN2O/c1-10-6-7-12(9-13(10)17)18-16(20)15-8-11-4-2-3-5-14(11)19-15/h2-7,9,15,19H,8H2,1H3,(H,18,20)/t15-/m0/s1. The number of fused-ring (bicyclic) bond motifs is 1. The molecule has 0 spiro atoms. The molecule has 1 aliphatic rings. The Labute approximate surface area is 126 Å². The number of hydrogen-bond acceptors (Lipinski definition) is 2. The molecule has 0 aromatic heterocycles. The number of benzene rings is 2. The molecule has 1 aliphatic heterocycles. The molecular weight excluding hydrogens is 316 g/mol. The highest BCUT2D eigenvalue weighted by Gasteiger charge is 2.26. The first-order valence-electron chi connectivity index (χ1n) is 6.55. The van der Waals surface area contributed by atoms with Crippen molar-refractivity contribution in [2.45, 2.75) is 19.4 Å². The van der Waals surface area contributed by atoms with Crippen LogP contribution >= 0.6 is 15.9 Å². The van der Waals surface area contributed by atoms with Crippen molar-refractivity contribution in [3.05, 3.63) is 58.1 Å². The SMILES string of the molecule is Cc1ccc(NC(=O)[C@@H]2Cc3ccccc3N2)cc1Br. The Kier molecular flexibility index (Phi) is 3.49. The topological polar surface area (TPSA) is 41.1 Å². The van der Waals surface area contributed by atoms with Crippen LogP contribution in [0.5, 0.6) is 0 Å². The first-order chi connectivity index (χ1) is 9.63. The van der Waals surface area contributed by atoms with Crippen molar-refractivity contribution in [1.29, 1.82) is 0 Å².